The third-order valence-electron chi connectivity index (χ3n) is 5.11. The van der Waals surface area contributed by atoms with Crippen LogP contribution in [0.3, 0.4) is 0 Å². The molecule has 1 atom stereocenters. The predicted octanol–water partition coefficient (Wildman–Crippen LogP) is 3.67. The maximum atomic E-state index is 14.4. The Hall–Kier alpha value is -2.88. The van der Waals surface area contributed by atoms with Gasteiger partial charge in [-0.25, -0.2) is 14.1 Å². The Morgan fingerprint density at radius 1 is 1.45 bits per heavy atom. The zero-order valence-corrected chi connectivity index (χ0v) is 18.6. The molecule has 3 aromatic rings. The third kappa shape index (κ3) is 4.73. The minimum Gasteiger partial charge on any atom is -0.405 e. The number of hydrogen-bond donors (Lipinski definition) is 1. The second kappa shape index (κ2) is 9.95. The quantitative estimate of drug-likeness (QED) is 0.506. The highest BCUT2D eigenvalue weighted by atomic mass is 32.1. The molecule has 0 aliphatic heterocycles. The number of aromatic nitrogens is 4. The first-order valence-corrected chi connectivity index (χ1v) is 10.8. The van der Waals surface area contributed by atoms with E-state index in [1.54, 1.807) is 23.9 Å². The number of alkyl halides is 1. The number of hydrogen-bond acceptors (Lipinski definition) is 6. The number of nitrogens with zero attached hydrogens (tertiary/aromatic N) is 5. The van der Waals surface area contributed by atoms with Crippen molar-refractivity contribution in [3.8, 4) is 0 Å². The molecule has 0 aliphatic rings. The number of aliphatic imine (C=N–C) groups is 1. The Labute approximate surface area is 182 Å². The van der Waals surface area contributed by atoms with Crippen molar-refractivity contribution >= 4 is 38.3 Å². The van der Waals surface area contributed by atoms with Crippen molar-refractivity contribution in [1.82, 2.24) is 19.3 Å². The van der Waals surface area contributed by atoms with Gasteiger partial charge in [0.1, 0.15) is 11.3 Å². The van der Waals surface area contributed by atoms with Crippen LogP contribution in [0.1, 0.15) is 24.8 Å². The molecule has 2 N–H and O–H groups in total. The van der Waals surface area contributed by atoms with Gasteiger partial charge in [-0.2, -0.15) is 5.10 Å². The van der Waals surface area contributed by atoms with E-state index in [-0.39, 0.29) is 30.4 Å². The summed E-state index contributed by atoms with van der Waals surface area (Å²) in [5.41, 5.74) is 6.20. The second-order valence-corrected chi connectivity index (χ2v) is 8.45. The first-order chi connectivity index (χ1) is 14.9. The first kappa shape index (κ1) is 22.8. The number of thiazole rings is 1. The SMILES string of the molecule is C/N=C(Cn1ncc2c3sc(CC(C)CCF)nc3n(C)c2c1=O)\C(F)=C/C/C=C/N. The van der Waals surface area contributed by atoms with Crippen molar-refractivity contribution in [3.63, 3.8) is 0 Å². The Bertz CT molecular complexity index is 1220. The molecule has 10 heteroatoms. The number of halogens is 2. The van der Waals surface area contributed by atoms with Crippen LogP contribution in [0.2, 0.25) is 0 Å². The highest BCUT2D eigenvalue weighted by molar-refractivity contribution is 7.19. The number of fused-ring (bicyclic) bond motifs is 3. The van der Waals surface area contributed by atoms with E-state index in [0.29, 0.717) is 35.8 Å². The smallest absolute Gasteiger partial charge is 0.291 e. The fourth-order valence-electron chi connectivity index (χ4n) is 3.38. The topological polar surface area (TPSA) is 91.1 Å². The summed E-state index contributed by atoms with van der Waals surface area (Å²) in [5.74, 6) is -0.321. The van der Waals surface area contributed by atoms with Gasteiger partial charge >= 0.3 is 0 Å². The van der Waals surface area contributed by atoms with Gasteiger partial charge in [0.2, 0.25) is 0 Å². The van der Waals surface area contributed by atoms with Gasteiger partial charge < -0.3 is 10.3 Å². The molecule has 31 heavy (non-hydrogen) atoms. The minimum atomic E-state index is -0.518. The van der Waals surface area contributed by atoms with Gasteiger partial charge in [0.25, 0.3) is 5.56 Å². The lowest BCUT2D eigenvalue weighted by atomic mass is 10.1. The lowest BCUT2D eigenvalue weighted by Crippen LogP contribution is -2.27. The summed E-state index contributed by atoms with van der Waals surface area (Å²) in [6.45, 7) is 1.57. The predicted molar refractivity (Wildman–Crippen MR) is 122 cm³/mol. The van der Waals surface area contributed by atoms with E-state index in [4.69, 9.17) is 5.73 Å². The van der Waals surface area contributed by atoms with Crippen LogP contribution >= 0.6 is 11.3 Å². The summed E-state index contributed by atoms with van der Waals surface area (Å²) in [4.78, 5) is 21.7. The van der Waals surface area contributed by atoms with E-state index in [9.17, 15) is 13.6 Å². The number of allylic oxidation sites excluding steroid dienone is 3. The lowest BCUT2D eigenvalue weighted by Gasteiger charge is -2.07. The summed E-state index contributed by atoms with van der Waals surface area (Å²) in [5, 5.41) is 5.86. The number of nitrogens with two attached hydrogens (primary N) is 1. The molecule has 0 amide bonds. The summed E-state index contributed by atoms with van der Waals surface area (Å²) < 4.78 is 30.8. The van der Waals surface area contributed by atoms with E-state index >= 15 is 0 Å². The van der Waals surface area contributed by atoms with Gasteiger partial charge in [0.15, 0.2) is 5.65 Å². The van der Waals surface area contributed by atoms with E-state index in [1.807, 2.05) is 6.92 Å². The van der Waals surface area contributed by atoms with Gasteiger partial charge in [-0.15, -0.1) is 11.3 Å². The molecule has 3 rings (SSSR count). The average Bonchev–Trinajstić information content (AvgIpc) is 3.26. The monoisotopic (exact) mass is 448 g/mol. The molecule has 0 aliphatic carbocycles. The van der Waals surface area contributed by atoms with E-state index in [2.05, 4.69) is 15.1 Å². The van der Waals surface area contributed by atoms with Crippen LogP contribution in [0, 0.1) is 5.92 Å². The molecule has 0 saturated carbocycles. The van der Waals surface area contributed by atoms with Crippen LogP contribution in [-0.2, 0) is 20.0 Å². The Balaban J connectivity index is 1.96. The molecular weight excluding hydrogens is 422 g/mol. The normalized spacial score (nSPS) is 14.4. The maximum absolute atomic E-state index is 14.4. The Kier molecular flexibility index (Phi) is 7.32. The molecule has 7 nitrogen and oxygen atoms in total. The molecule has 166 valence electrons. The van der Waals surface area contributed by atoms with Gasteiger partial charge in [-0.3, -0.25) is 14.2 Å². The molecule has 0 spiro atoms. The van der Waals surface area contributed by atoms with Gasteiger partial charge in [0, 0.05) is 25.9 Å². The average molecular weight is 449 g/mol. The van der Waals surface area contributed by atoms with Crippen molar-refractivity contribution in [2.75, 3.05) is 13.7 Å². The fraction of sp³-hybridized carbons (Fsp3) is 0.429. The van der Waals surface area contributed by atoms with Crippen molar-refractivity contribution < 1.29 is 8.78 Å². The van der Waals surface area contributed by atoms with Crippen LogP contribution in [0.25, 0.3) is 21.3 Å². The number of rotatable bonds is 9. The molecule has 3 heterocycles. The highest BCUT2D eigenvalue weighted by Crippen LogP contribution is 2.32. The van der Waals surface area contributed by atoms with Crippen LogP contribution in [0.5, 0.6) is 0 Å². The third-order valence-corrected chi connectivity index (χ3v) is 6.21. The van der Waals surface area contributed by atoms with Crippen LogP contribution in [-0.4, -0.2) is 38.8 Å². The van der Waals surface area contributed by atoms with Gasteiger partial charge in [-0.05, 0) is 31.0 Å². The Morgan fingerprint density at radius 2 is 2.23 bits per heavy atom. The van der Waals surface area contributed by atoms with Crippen molar-refractivity contribution in [1.29, 1.82) is 0 Å². The van der Waals surface area contributed by atoms with Crippen molar-refractivity contribution in [2.45, 2.75) is 32.7 Å². The number of aryl methyl sites for hydroxylation is 1. The zero-order chi connectivity index (χ0) is 22.5. The molecule has 0 bridgehead atoms. The fourth-order valence-corrected chi connectivity index (χ4v) is 4.65. The second-order valence-electron chi connectivity index (χ2n) is 7.36. The molecule has 1 unspecified atom stereocenters. The largest absolute Gasteiger partial charge is 0.405 e. The highest BCUT2D eigenvalue weighted by Gasteiger charge is 2.20. The zero-order valence-electron chi connectivity index (χ0n) is 17.8. The molecule has 0 radical (unpaired) electrons. The first-order valence-electron chi connectivity index (χ1n) is 9.99. The Morgan fingerprint density at radius 3 is 2.90 bits per heavy atom. The molecular formula is C21H26F2N6OS. The van der Waals surface area contributed by atoms with Crippen molar-refractivity contribution in [2.24, 2.45) is 23.7 Å². The molecule has 3 aromatic heterocycles. The lowest BCUT2D eigenvalue weighted by molar-refractivity contribution is 0.402. The van der Waals surface area contributed by atoms with Crippen LogP contribution in [0.15, 0.2) is 40.2 Å². The summed E-state index contributed by atoms with van der Waals surface area (Å²) in [6.07, 6.45) is 7.43. The van der Waals surface area contributed by atoms with Gasteiger partial charge in [0.05, 0.1) is 34.8 Å². The van der Waals surface area contributed by atoms with Gasteiger partial charge in [-0.1, -0.05) is 13.0 Å². The standard InChI is InChI=1S/C21H26F2N6OS/c1-13(7-8-22)10-17-27-20-19(31-17)14-11-26-29(21(30)18(14)28(20)3)12-16(25-2)15(23)6-4-5-9-24/h5-6,9,11,13H,4,7-8,10,12,24H2,1-3H3/b9-5+,15-6+,25-16-. The van der Waals surface area contributed by atoms with Crippen LogP contribution < -0.4 is 11.3 Å². The molecule has 0 fully saturated rings. The summed E-state index contributed by atoms with van der Waals surface area (Å²) in [7, 11) is 3.25. The minimum absolute atomic E-state index is 0.0851. The van der Waals surface area contributed by atoms with E-state index in [1.165, 1.54) is 35.3 Å². The van der Waals surface area contributed by atoms with E-state index < -0.39 is 5.83 Å². The van der Waals surface area contributed by atoms with E-state index in [0.717, 1.165) is 9.71 Å². The molecule has 0 saturated heterocycles. The molecule has 0 aromatic carbocycles. The summed E-state index contributed by atoms with van der Waals surface area (Å²) in [6, 6.07) is 0. The maximum Gasteiger partial charge on any atom is 0.291 e. The van der Waals surface area contributed by atoms with Crippen molar-refractivity contribution in [3.05, 3.63) is 45.7 Å². The van der Waals surface area contributed by atoms with Crippen LogP contribution in [0.4, 0.5) is 8.78 Å². The summed E-state index contributed by atoms with van der Waals surface area (Å²) >= 11 is 1.50.